The van der Waals surface area contributed by atoms with Crippen molar-refractivity contribution in [3.05, 3.63) is 75.3 Å². The van der Waals surface area contributed by atoms with E-state index < -0.39 is 0 Å². The van der Waals surface area contributed by atoms with E-state index in [1.165, 1.54) is 30.5 Å². The third-order valence-electron chi connectivity index (χ3n) is 8.42. The molecule has 4 aromatic rings. The maximum absolute atomic E-state index is 13.7. The number of rotatable bonds is 6. The van der Waals surface area contributed by atoms with E-state index in [0.717, 1.165) is 67.1 Å². The maximum Gasteiger partial charge on any atom is 0.253 e. The molecule has 204 valence electrons. The van der Waals surface area contributed by atoms with Crippen molar-refractivity contribution in [3.8, 4) is 5.75 Å². The van der Waals surface area contributed by atoms with Gasteiger partial charge in [-0.05, 0) is 84.5 Å². The van der Waals surface area contributed by atoms with Crippen LogP contribution in [0.25, 0.3) is 10.9 Å². The van der Waals surface area contributed by atoms with Gasteiger partial charge in [0.2, 0.25) is 0 Å². The molecule has 1 aliphatic carbocycles. The normalized spacial score (nSPS) is 18.0. The summed E-state index contributed by atoms with van der Waals surface area (Å²) in [6.07, 6.45) is 5.77. The Bertz CT molecular complexity index is 1500. The number of aromatic amines is 1. The Labute approximate surface area is 228 Å². The van der Waals surface area contributed by atoms with Crippen LogP contribution in [0.3, 0.4) is 0 Å². The van der Waals surface area contributed by atoms with Gasteiger partial charge in [0.15, 0.2) is 5.82 Å². The molecular weight excluding hydrogens is 490 g/mol. The van der Waals surface area contributed by atoms with Gasteiger partial charge in [-0.2, -0.15) is 0 Å². The quantitative estimate of drug-likeness (QED) is 0.393. The number of piperazine rings is 1. The van der Waals surface area contributed by atoms with Crippen LogP contribution in [0.2, 0.25) is 0 Å². The highest BCUT2D eigenvalue weighted by Gasteiger charge is 2.34. The number of anilines is 1. The molecule has 1 saturated heterocycles. The number of aryl methyl sites for hydroxylation is 2. The first-order valence-electron chi connectivity index (χ1n) is 14.1. The van der Waals surface area contributed by atoms with Crippen LogP contribution in [-0.2, 0) is 0 Å². The Balaban J connectivity index is 1.38. The first kappa shape index (κ1) is 25.6. The van der Waals surface area contributed by atoms with Crippen molar-refractivity contribution >= 4 is 16.6 Å². The second kappa shape index (κ2) is 10.8. The van der Waals surface area contributed by atoms with Gasteiger partial charge >= 0.3 is 0 Å². The van der Waals surface area contributed by atoms with E-state index in [9.17, 15) is 4.79 Å². The Hall–Kier alpha value is -3.72. The molecule has 2 aliphatic rings. The number of hydrogen-bond acceptors (Lipinski definition) is 7. The number of nitrogens with zero attached hydrogens (tertiary/aromatic N) is 6. The van der Waals surface area contributed by atoms with Crippen LogP contribution in [0.1, 0.15) is 66.7 Å². The average molecular weight is 528 g/mol. The molecule has 1 N–H and O–H groups in total. The molecule has 0 unspecified atom stereocenters. The lowest BCUT2D eigenvalue weighted by Gasteiger charge is -2.40. The van der Waals surface area contributed by atoms with E-state index in [1.54, 1.807) is 7.11 Å². The van der Waals surface area contributed by atoms with Gasteiger partial charge < -0.3 is 14.6 Å². The summed E-state index contributed by atoms with van der Waals surface area (Å²) >= 11 is 0. The van der Waals surface area contributed by atoms with Crippen LogP contribution in [0.15, 0.2) is 47.3 Å². The van der Waals surface area contributed by atoms with E-state index in [2.05, 4.69) is 67.6 Å². The molecule has 0 radical (unpaired) electrons. The topological polar surface area (TPSA) is 92.2 Å². The number of fused-ring (bicyclic) bond motifs is 1. The van der Waals surface area contributed by atoms with Gasteiger partial charge in [-0.25, -0.2) is 4.68 Å². The molecule has 9 nitrogen and oxygen atoms in total. The number of pyridine rings is 1. The minimum Gasteiger partial charge on any atom is -0.497 e. The molecule has 9 heteroatoms. The number of hydrogen-bond donors (Lipinski definition) is 1. The van der Waals surface area contributed by atoms with Crippen LogP contribution >= 0.6 is 0 Å². The molecule has 2 aromatic carbocycles. The summed E-state index contributed by atoms with van der Waals surface area (Å²) in [5.74, 6) is 1.63. The van der Waals surface area contributed by atoms with Gasteiger partial charge in [0.1, 0.15) is 11.8 Å². The second-order valence-electron chi connectivity index (χ2n) is 11.0. The molecule has 1 saturated carbocycles. The second-order valence-corrected chi connectivity index (χ2v) is 11.0. The highest BCUT2D eigenvalue weighted by molar-refractivity contribution is 5.83. The SMILES string of the molecule is COc1ccc(N2CCN([C@H](c3cc4cc(C)cc(C)c4[nH]c3=O)c3nnnn3C3CCCCC3)CC2)cc1. The smallest absolute Gasteiger partial charge is 0.253 e. The minimum atomic E-state index is -0.325. The van der Waals surface area contributed by atoms with E-state index in [1.807, 2.05) is 23.7 Å². The van der Waals surface area contributed by atoms with E-state index in [4.69, 9.17) is 4.74 Å². The average Bonchev–Trinajstić information content (AvgIpc) is 3.44. The number of aromatic nitrogens is 5. The Kier molecular flexibility index (Phi) is 7.08. The summed E-state index contributed by atoms with van der Waals surface area (Å²) in [4.78, 5) is 21.7. The van der Waals surface area contributed by atoms with E-state index in [0.29, 0.717) is 5.56 Å². The number of H-pyrrole nitrogens is 1. The van der Waals surface area contributed by atoms with Crippen LogP contribution in [-0.4, -0.2) is 63.4 Å². The summed E-state index contributed by atoms with van der Waals surface area (Å²) < 4.78 is 7.35. The third kappa shape index (κ3) is 5.03. The van der Waals surface area contributed by atoms with Crippen molar-refractivity contribution in [2.24, 2.45) is 0 Å². The largest absolute Gasteiger partial charge is 0.497 e. The number of methoxy groups -OCH3 is 1. The van der Waals surface area contributed by atoms with Gasteiger partial charge in [0.05, 0.1) is 18.7 Å². The first-order valence-corrected chi connectivity index (χ1v) is 14.1. The molecule has 0 amide bonds. The Morgan fingerprint density at radius 1 is 0.974 bits per heavy atom. The van der Waals surface area contributed by atoms with Gasteiger partial charge in [0, 0.05) is 37.4 Å². The fraction of sp³-hybridized carbons (Fsp3) is 0.467. The number of nitrogens with one attached hydrogen (secondary N) is 1. The third-order valence-corrected chi connectivity index (χ3v) is 8.42. The summed E-state index contributed by atoms with van der Waals surface area (Å²) in [5.41, 5.74) is 4.95. The predicted molar refractivity (Wildman–Crippen MR) is 153 cm³/mol. The molecule has 3 heterocycles. The molecule has 0 spiro atoms. The molecule has 1 aliphatic heterocycles. The summed E-state index contributed by atoms with van der Waals surface area (Å²) in [6.45, 7) is 7.41. The summed E-state index contributed by atoms with van der Waals surface area (Å²) in [5, 5.41) is 14.2. The fourth-order valence-corrected chi connectivity index (χ4v) is 6.40. The van der Waals surface area contributed by atoms with Crippen LogP contribution in [0, 0.1) is 13.8 Å². The van der Waals surface area contributed by atoms with Crippen LogP contribution < -0.4 is 15.2 Å². The lowest BCUT2D eigenvalue weighted by atomic mass is 9.95. The number of tetrazole rings is 1. The Morgan fingerprint density at radius 3 is 2.44 bits per heavy atom. The van der Waals surface area contributed by atoms with Crippen LogP contribution in [0.4, 0.5) is 5.69 Å². The zero-order chi connectivity index (χ0) is 26.9. The molecular formula is C30H37N7O2. The van der Waals surface area contributed by atoms with Gasteiger partial charge in [-0.3, -0.25) is 9.69 Å². The predicted octanol–water partition coefficient (Wildman–Crippen LogP) is 4.56. The van der Waals surface area contributed by atoms with Crippen molar-refractivity contribution < 1.29 is 4.74 Å². The lowest BCUT2D eigenvalue weighted by molar-refractivity contribution is 0.192. The first-order chi connectivity index (χ1) is 19.0. The highest BCUT2D eigenvalue weighted by atomic mass is 16.5. The van der Waals surface area contributed by atoms with Gasteiger partial charge in [-0.1, -0.05) is 30.9 Å². The fourth-order valence-electron chi connectivity index (χ4n) is 6.40. The molecule has 0 bridgehead atoms. The van der Waals surface area contributed by atoms with Crippen molar-refractivity contribution in [1.29, 1.82) is 0 Å². The molecule has 39 heavy (non-hydrogen) atoms. The Morgan fingerprint density at radius 2 is 1.72 bits per heavy atom. The van der Waals surface area contributed by atoms with Gasteiger partial charge in [0.25, 0.3) is 5.56 Å². The highest BCUT2D eigenvalue weighted by Crippen LogP contribution is 2.34. The summed E-state index contributed by atoms with van der Waals surface area (Å²) in [7, 11) is 1.69. The maximum atomic E-state index is 13.7. The van der Waals surface area contributed by atoms with E-state index >= 15 is 0 Å². The molecule has 6 rings (SSSR count). The zero-order valence-electron chi connectivity index (χ0n) is 23.1. The summed E-state index contributed by atoms with van der Waals surface area (Å²) in [6, 6.07) is 14.5. The standard InChI is InChI=1S/C30H37N7O2/c1-20-17-21(2)27-22(18-20)19-26(30(38)31-27)28(29-32-33-34-37(29)24-7-5-4-6-8-24)36-15-13-35(14-16-36)23-9-11-25(39-3)12-10-23/h9-12,17-19,24,28H,4-8,13-16H2,1-3H3,(H,31,38)/t28-/m1/s1. The molecule has 2 aromatic heterocycles. The number of benzene rings is 2. The van der Waals surface area contributed by atoms with Crippen molar-refractivity contribution in [2.75, 3.05) is 38.2 Å². The number of ether oxygens (including phenoxy) is 1. The monoisotopic (exact) mass is 527 g/mol. The lowest BCUT2D eigenvalue weighted by Crippen LogP contribution is -2.49. The van der Waals surface area contributed by atoms with Crippen molar-refractivity contribution in [1.82, 2.24) is 30.1 Å². The molecule has 2 fully saturated rings. The van der Waals surface area contributed by atoms with Crippen molar-refractivity contribution in [2.45, 2.75) is 58.0 Å². The van der Waals surface area contributed by atoms with Gasteiger partial charge in [-0.15, -0.1) is 5.10 Å². The minimum absolute atomic E-state index is 0.0739. The van der Waals surface area contributed by atoms with Crippen molar-refractivity contribution in [3.63, 3.8) is 0 Å². The van der Waals surface area contributed by atoms with E-state index in [-0.39, 0.29) is 17.6 Å². The zero-order valence-corrected chi connectivity index (χ0v) is 23.1. The molecule has 1 atom stereocenters. The van der Waals surface area contributed by atoms with Crippen LogP contribution in [0.5, 0.6) is 5.75 Å².